The molecule has 4 unspecified atom stereocenters. The molecule has 60 heavy (non-hydrogen) atoms. The Kier molecular flexibility index (Phi) is 11.4. The van der Waals surface area contributed by atoms with E-state index < -0.39 is 15.3 Å². The Hall–Kier alpha value is -3.00. The number of hydrogen-bond acceptors (Lipinski definition) is 9. The van der Waals surface area contributed by atoms with Gasteiger partial charge in [-0.05, 0) is 152 Å². The Morgan fingerprint density at radius 1 is 0.967 bits per heavy atom. The minimum atomic E-state index is -2.88. The van der Waals surface area contributed by atoms with E-state index in [1.807, 2.05) is 0 Å². The Balaban J connectivity index is 1.01. The van der Waals surface area contributed by atoms with Crippen molar-refractivity contribution in [3.8, 4) is 11.9 Å². The van der Waals surface area contributed by atoms with Gasteiger partial charge in [0, 0.05) is 37.8 Å². The molecule has 0 radical (unpaired) electrons. The summed E-state index contributed by atoms with van der Waals surface area (Å²) in [6, 6.07) is 7.19. The number of methoxy groups -OCH3 is 1. The molecule has 0 amide bonds. The molecule has 0 aromatic carbocycles. The van der Waals surface area contributed by atoms with Crippen LogP contribution in [-0.2, 0) is 19.4 Å². The number of fused-ring (bicyclic) bond motifs is 7. The van der Waals surface area contributed by atoms with Crippen LogP contribution in [0.4, 0.5) is 0 Å². The van der Waals surface area contributed by atoms with E-state index in [4.69, 9.17) is 9.47 Å². The fourth-order valence-electron chi connectivity index (χ4n) is 15.5. The van der Waals surface area contributed by atoms with Gasteiger partial charge in [-0.3, -0.25) is 4.79 Å². The SMILES string of the molecule is C=C(C)[C@@H]1CC[C@]2(NCCN3CCS(=O)(=O)CC3)CC[C@]3(C)[C@H](CCC4[C@@]5(C)CC=C(C6=CCC(COc7cccc(C#N)n7)(C(=O)OC)CC6)C(C)(C)C5CC[C@]43C)C12. The predicted octanol–water partition coefficient (Wildman–Crippen LogP) is 8.87. The summed E-state index contributed by atoms with van der Waals surface area (Å²) < 4.78 is 35.7. The highest BCUT2D eigenvalue weighted by molar-refractivity contribution is 7.91. The van der Waals surface area contributed by atoms with Crippen LogP contribution >= 0.6 is 0 Å². The van der Waals surface area contributed by atoms with Gasteiger partial charge in [0.25, 0.3) is 0 Å². The van der Waals surface area contributed by atoms with Gasteiger partial charge in [-0.2, -0.15) is 5.26 Å². The number of carbonyl (C=O) groups excluding carboxylic acids is 1. The summed E-state index contributed by atoms with van der Waals surface area (Å²) in [5, 5.41) is 13.5. The number of nitriles is 1. The predicted molar refractivity (Wildman–Crippen MR) is 237 cm³/mol. The van der Waals surface area contributed by atoms with Gasteiger partial charge in [-0.1, -0.05) is 65.0 Å². The van der Waals surface area contributed by atoms with Crippen molar-refractivity contribution < 1.29 is 22.7 Å². The summed E-state index contributed by atoms with van der Waals surface area (Å²) in [5.41, 5.74) is 4.55. The third-order valence-electron chi connectivity index (χ3n) is 18.9. The van der Waals surface area contributed by atoms with Crippen LogP contribution in [0.25, 0.3) is 0 Å². The molecular weight excluding hydrogens is 769 g/mol. The van der Waals surface area contributed by atoms with E-state index in [0.29, 0.717) is 72.9 Å². The van der Waals surface area contributed by atoms with E-state index in [1.54, 1.807) is 18.2 Å². The highest BCUT2D eigenvalue weighted by Crippen LogP contribution is 2.76. The van der Waals surface area contributed by atoms with E-state index in [0.717, 1.165) is 25.9 Å². The Labute approximate surface area is 361 Å². The molecule has 0 bridgehead atoms. The number of nitrogens with one attached hydrogen (secondary N) is 1. The molecule has 328 valence electrons. The number of carbonyl (C=O) groups is 1. The summed E-state index contributed by atoms with van der Waals surface area (Å²) >= 11 is 0. The van der Waals surface area contributed by atoms with E-state index in [-0.39, 0.29) is 45.5 Å². The van der Waals surface area contributed by atoms with Gasteiger partial charge in [0.2, 0.25) is 5.88 Å². The average molecular weight is 841 g/mol. The third kappa shape index (κ3) is 7.03. The molecule has 1 aromatic heterocycles. The lowest BCUT2D eigenvalue weighted by Gasteiger charge is -2.72. The smallest absolute Gasteiger partial charge is 0.315 e. The first kappa shape index (κ1) is 43.6. The number of rotatable bonds is 10. The molecule has 2 heterocycles. The van der Waals surface area contributed by atoms with E-state index >= 15 is 0 Å². The maximum atomic E-state index is 13.4. The van der Waals surface area contributed by atoms with Crippen LogP contribution in [0.1, 0.15) is 124 Å². The molecule has 1 aromatic rings. The number of hydrogen-bond donors (Lipinski definition) is 1. The van der Waals surface area contributed by atoms with Crippen molar-refractivity contribution in [2.24, 2.45) is 56.7 Å². The van der Waals surface area contributed by atoms with Gasteiger partial charge in [0.05, 0.1) is 18.6 Å². The second kappa shape index (κ2) is 15.7. The molecule has 7 aliphatic rings. The quantitative estimate of drug-likeness (QED) is 0.182. The second-order valence-electron chi connectivity index (χ2n) is 21.8. The molecule has 6 aliphatic carbocycles. The minimum absolute atomic E-state index is 0.00200. The van der Waals surface area contributed by atoms with Gasteiger partial charge in [-0.25, -0.2) is 13.4 Å². The second-order valence-corrected chi connectivity index (χ2v) is 24.1. The Bertz CT molecular complexity index is 2080. The van der Waals surface area contributed by atoms with Crippen LogP contribution in [0, 0.1) is 68.0 Å². The Morgan fingerprint density at radius 2 is 1.73 bits per heavy atom. The molecular formula is C50H72N4O5S. The van der Waals surface area contributed by atoms with E-state index in [9.17, 15) is 18.5 Å². The van der Waals surface area contributed by atoms with E-state index in [2.05, 4.69) is 81.5 Å². The molecule has 0 spiro atoms. The van der Waals surface area contributed by atoms with Crippen molar-refractivity contribution in [2.45, 2.75) is 124 Å². The van der Waals surface area contributed by atoms with Gasteiger partial charge in [0.15, 0.2) is 9.84 Å². The van der Waals surface area contributed by atoms with Crippen molar-refractivity contribution in [1.82, 2.24) is 15.2 Å². The topological polar surface area (TPSA) is 122 Å². The van der Waals surface area contributed by atoms with Crippen LogP contribution in [0.5, 0.6) is 5.88 Å². The first-order chi connectivity index (χ1) is 28.4. The molecule has 4 saturated carbocycles. The standard InChI is InChI=1S/C50H72N4O5S/c1-34(2)37-16-23-50(52-26-27-54-28-30-60(56,57)31-29-54)25-24-47(6)39(43(37)50)12-13-41-46(5)19-17-38(45(3,4)40(46)18-20-48(41,47)7)35-14-21-49(22-15-35,44(55)58-8)33-59-42-11-9-10-36(32-51)53-42/h9-11,14,17,37,39-41,43,52H,1,12-13,15-16,18-31,33H2,2-8H3/t37-,39+,40?,41?,43?,46-,47+,48+,49?,50-/m0/s1. The number of nitrogens with zero attached hydrogens (tertiary/aromatic N) is 3. The number of allylic oxidation sites excluding steroid dienone is 5. The lowest BCUT2D eigenvalue weighted by atomic mass is 9.33. The van der Waals surface area contributed by atoms with Crippen molar-refractivity contribution >= 4 is 15.8 Å². The molecule has 1 saturated heterocycles. The van der Waals surface area contributed by atoms with Crippen molar-refractivity contribution in [1.29, 1.82) is 5.26 Å². The monoisotopic (exact) mass is 841 g/mol. The molecule has 8 rings (SSSR count). The minimum Gasteiger partial charge on any atom is -0.476 e. The first-order valence-electron chi connectivity index (χ1n) is 23.2. The zero-order valence-corrected chi connectivity index (χ0v) is 38.5. The first-order valence-corrected chi connectivity index (χ1v) is 25.0. The van der Waals surface area contributed by atoms with Crippen molar-refractivity contribution in [3.63, 3.8) is 0 Å². The molecule has 9 nitrogen and oxygen atoms in total. The maximum absolute atomic E-state index is 13.4. The molecule has 10 atom stereocenters. The third-order valence-corrected chi connectivity index (χ3v) is 20.5. The molecule has 1 aliphatic heterocycles. The van der Waals surface area contributed by atoms with Crippen LogP contribution in [-0.4, -0.2) is 81.2 Å². The average Bonchev–Trinajstić information content (AvgIpc) is 3.61. The largest absolute Gasteiger partial charge is 0.476 e. The summed E-state index contributed by atoms with van der Waals surface area (Å²) in [4.78, 5) is 20.0. The number of pyridine rings is 1. The lowest BCUT2D eigenvalue weighted by molar-refractivity contribution is -0.221. The number of sulfone groups is 1. The van der Waals surface area contributed by atoms with Gasteiger partial charge in [-0.15, -0.1) is 0 Å². The zero-order valence-electron chi connectivity index (χ0n) is 37.7. The fraction of sp³-hybridized carbons (Fsp3) is 0.740. The highest BCUT2D eigenvalue weighted by Gasteiger charge is 2.70. The summed E-state index contributed by atoms with van der Waals surface area (Å²) in [7, 11) is -1.42. The summed E-state index contributed by atoms with van der Waals surface area (Å²) in [6.07, 6.45) is 18.0. The van der Waals surface area contributed by atoms with Crippen LogP contribution in [0.15, 0.2) is 53.6 Å². The number of ether oxygens (including phenoxy) is 2. The van der Waals surface area contributed by atoms with Gasteiger partial charge >= 0.3 is 5.97 Å². The van der Waals surface area contributed by atoms with Gasteiger partial charge < -0.3 is 19.7 Å². The molecule has 1 N–H and O–H groups in total. The molecule has 10 heteroatoms. The highest BCUT2D eigenvalue weighted by atomic mass is 32.2. The maximum Gasteiger partial charge on any atom is 0.315 e. The molecule has 5 fully saturated rings. The van der Waals surface area contributed by atoms with Crippen molar-refractivity contribution in [3.05, 3.63) is 59.3 Å². The number of aromatic nitrogens is 1. The number of esters is 1. The zero-order chi connectivity index (χ0) is 42.9. The van der Waals surface area contributed by atoms with Crippen LogP contribution < -0.4 is 10.1 Å². The van der Waals surface area contributed by atoms with Gasteiger partial charge in [0.1, 0.15) is 23.8 Å². The fourth-order valence-corrected chi connectivity index (χ4v) is 16.8. The summed E-state index contributed by atoms with van der Waals surface area (Å²) in [5.74, 6) is 3.70. The lowest BCUT2D eigenvalue weighted by Crippen LogP contribution is -2.68. The van der Waals surface area contributed by atoms with Crippen LogP contribution in [0.2, 0.25) is 0 Å². The normalized spacial score (nSPS) is 40.6. The van der Waals surface area contributed by atoms with E-state index in [1.165, 1.54) is 75.2 Å². The summed E-state index contributed by atoms with van der Waals surface area (Å²) in [6.45, 7) is 23.3. The van der Waals surface area contributed by atoms with Crippen LogP contribution in [0.3, 0.4) is 0 Å². The Morgan fingerprint density at radius 3 is 2.42 bits per heavy atom. The van der Waals surface area contributed by atoms with Crippen molar-refractivity contribution in [2.75, 3.05) is 51.4 Å².